The number of carbonyl (C=O) groups excluding carboxylic acids is 1. The molecule has 5 rings (SSSR count). The van der Waals surface area contributed by atoms with Crippen LogP contribution in [0.3, 0.4) is 0 Å². The summed E-state index contributed by atoms with van der Waals surface area (Å²) < 4.78 is 49.7. The number of urea groups is 1. The van der Waals surface area contributed by atoms with Gasteiger partial charge in [0.2, 0.25) is 0 Å². The van der Waals surface area contributed by atoms with Crippen LogP contribution in [0.15, 0.2) is 65.2 Å². The van der Waals surface area contributed by atoms with Gasteiger partial charge >= 0.3 is 12.4 Å². The Hall–Kier alpha value is -3.38. The zero-order chi connectivity index (χ0) is 28.4. The second-order valence-electron chi connectivity index (χ2n) is 8.50. The van der Waals surface area contributed by atoms with Crippen molar-refractivity contribution in [3.63, 3.8) is 0 Å². The third kappa shape index (κ3) is 6.49. The van der Waals surface area contributed by atoms with E-state index in [2.05, 4.69) is 24.3 Å². The lowest BCUT2D eigenvalue weighted by Crippen LogP contribution is -2.22. The van der Waals surface area contributed by atoms with Crippen LogP contribution in [-0.4, -0.2) is 28.4 Å². The molecule has 0 saturated carbocycles. The van der Waals surface area contributed by atoms with Crippen molar-refractivity contribution in [2.45, 2.75) is 19.2 Å². The Morgan fingerprint density at radius 1 is 1.02 bits per heavy atom. The maximum Gasteiger partial charge on any atom is 0.573 e. The Kier molecular flexibility index (Phi) is 8.18. The minimum Gasteiger partial charge on any atom is -0.406 e. The van der Waals surface area contributed by atoms with Gasteiger partial charge in [-0.25, -0.2) is 13.9 Å². The van der Waals surface area contributed by atoms with Crippen LogP contribution in [0.4, 0.5) is 23.7 Å². The normalized spacial score (nSPS) is 12.7. The van der Waals surface area contributed by atoms with Gasteiger partial charge in [0, 0.05) is 16.8 Å². The number of alkyl halides is 3. The number of carbonyl (C=O) groups is 1. The monoisotopic (exact) mass is 625 g/mol. The van der Waals surface area contributed by atoms with E-state index in [9.17, 15) is 18.0 Å². The highest BCUT2D eigenvalue weighted by Gasteiger charge is 2.31. The highest BCUT2D eigenvalue weighted by molar-refractivity contribution is 7.96. The van der Waals surface area contributed by atoms with Gasteiger partial charge in [0.25, 0.3) is 0 Å². The molecule has 4 aromatic rings. The van der Waals surface area contributed by atoms with Gasteiger partial charge in [-0.2, -0.15) is 5.10 Å². The zero-order valence-electron chi connectivity index (χ0n) is 20.1. The van der Waals surface area contributed by atoms with E-state index in [0.29, 0.717) is 17.1 Å². The first-order chi connectivity index (χ1) is 19.1. The first-order valence-electron chi connectivity index (χ1n) is 11.5. The molecule has 0 atom stereocenters. The molecule has 206 valence electrons. The van der Waals surface area contributed by atoms with Crippen LogP contribution in [-0.2, 0) is 12.8 Å². The van der Waals surface area contributed by atoms with Crippen molar-refractivity contribution in [2.24, 2.45) is 4.40 Å². The van der Waals surface area contributed by atoms with Gasteiger partial charge in [-0.1, -0.05) is 46.9 Å². The van der Waals surface area contributed by atoms with Crippen molar-refractivity contribution in [1.29, 1.82) is 0 Å². The molecule has 0 radical (unpaired) electrons. The predicted octanol–water partition coefficient (Wildman–Crippen LogP) is 8.30. The van der Waals surface area contributed by atoms with E-state index >= 15 is 0 Å². The number of hydrogen-bond acceptors (Lipinski definition) is 5. The predicted molar refractivity (Wildman–Crippen MR) is 152 cm³/mol. The van der Waals surface area contributed by atoms with Gasteiger partial charge < -0.3 is 10.1 Å². The van der Waals surface area contributed by atoms with E-state index in [1.54, 1.807) is 17.1 Å². The molecule has 2 amide bonds. The Morgan fingerprint density at radius 2 is 1.75 bits per heavy atom. The summed E-state index contributed by atoms with van der Waals surface area (Å²) in [5, 5.41) is 7.79. The van der Waals surface area contributed by atoms with Gasteiger partial charge in [0.1, 0.15) is 5.75 Å². The quantitative estimate of drug-likeness (QED) is 0.167. The number of amides is 2. The smallest absolute Gasteiger partial charge is 0.406 e. The molecule has 0 spiro atoms. The van der Waals surface area contributed by atoms with Crippen LogP contribution in [0, 0.1) is 0 Å². The number of aromatic nitrogens is 2. The summed E-state index contributed by atoms with van der Waals surface area (Å²) in [5.74, 6) is -0.291. The molecule has 2 N–H and O–H groups in total. The molecule has 3 aromatic carbocycles. The zero-order valence-corrected chi connectivity index (χ0v) is 23.2. The van der Waals surface area contributed by atoms with E-state index in [-0.39, 0.29) is 21.5 Å². The summed E-state index contributed by atoms with van der Waals surface area (Å²) in [7, 11) is 0. The highest BCUT2D eigenvalue weighted by atomic mass is 35.5. The number of aryl methyl sites for hydroxylation is 1. The van der Waals surface area contributed by atoms with Gasteiger partial charge in [-0.15, -0.1) is 13.2 Å². The van der Waals surface area contributed by atoms with Crippen molar-refractivity contribution >= 4 is 64.9 Å². The Balaban J connectivity index is 1.22. The largest absolute Gasteiger partial charge is 0.573 e. The van der Waals surface area contributed by atoms with E-state index in [1.165, 1.54) is 36.4 Å². The molecule has 7 nitrogen and oxygen atoms in total. The number of nitrogens with zero attached hydrogens (tertiary/aromatic N) is 3. The van der Waals surface area contributed by atoms with Crippen LogP contribution in [0.2, 0.25) is 15.1 Å². The molecule has 0 saturated heterocycles. The fourth-order valence-corrected chi connectivity index (χ4v) is 5.50. The molecule has 0 aliphatic heterocycles. The fourth-order valence-electron chi connectivity index (χ4n) is 4.22. The lowest BCUT2D eigenvalue weighted by molar-refractivity contribution is -0.274. The second-order valence-corrected chi connectivity index (χ2v) is 10.3. The van der Waals surface area contributed by atoms with Crippen molar-refractivity contribution in [2.75, 3.05) is 5.32 Å². The van der Waals surface area contributed by atoms with Crippen LogP contribution in [0.1, 0.15) is 16.8 Å². The lowest BCUT2D eigenvalue weighted by atomic mass is 9.89. The Labute approximate surface area is 245 Å². The molecule has 14 heteroatoms. The third-order valence-corrected chi connectivity index (χ3v) is 7.17. The van der Waals surface area contributed by atoms with Gasteiger partial charge in [0.15, 0.2) is 0 Å². The van der Waals surface area contributed by atoms with Gasteiger partial charge in [-0.05, 0) is 72.0 Å². The first-order valence-corrected chi connectivity index (χ1v) is 13.5. The number of halogens is 6. The van der Waals surface area contributed by atoms with E-state index in [4.69, 9.17) is 34.8 Å². The highest BCUT2D eigenvalue weighted by Crippen LogP contribution is 2.36. The van der Waals surface area contributed by atoms with Crippen molar-refractivity contribution in [3.05, 3.63) is 92.7 Å². The average Bonchev–Trinajstić information content (AvgIpc) is 3.33. The number of rotatable bonds is 6. The summed E-state index contributed by atoms with van der Waals surface area (Å²) in [5.41, 5.74) is 5.75. The van der Waals surface area contributed by atoms with Crippen molar-refractivity contribution in [3.8, 4) is 22.6 Å². The van der Waals surface area contributed by atoms with Crippen LogP contribution in [0.25, 0.3) is 16.8 Å². The lowest BCUT2D eigenvalue weighted by Gasteiger charge is -2.18. The number of fused-ring (bicyclic) bond motifs is 3. The minimum absolute atomic E-state index is 0.206. The topological polar surface area (TPSA) is 80.5 Å². The van der Waals surface area contributed by atoms with Crippen LogP contribution in [0.5, 0.6) is 5.75 Å². The molecular formula is C26H17Cl3F3N5O2S. The summed E-state index contributed by atoms with van der Waals surface area (Å²) in [6.07, 6.45) is 0.0538. The van der Waals surface area contributed by atoms with Crippen molar-refractivity contribution < 1.29 is 22.7 Å². The average molecular weight is 627 g/mol. The number of ether oxygens (including phenoxy) is 1. The summed E-state index contributed by atoms with van der Waals surface area (Å²) in [4.78, 5) is 12.2. The molecule has 40 heavy (non-hydrogen) atoms. The number of anilines is 1. The number of benzene rings is 3. The Bertz CT molecular complexity index is 1590. The molecule has 0 fully saturated rings. The molecule has 1 aliphatic carbocycles. The summed E-state index contributed by atoms with van der Waals surface area (Å²) in [6.45, 7) is 0. The fraction of sp³-hybridized carbons (Fsp3) is 0.115. The molecule has 0 unspecified atom stereocenters. The number of hydrogen-bond donors (Lipinski definition) is 2. The SMILES string of the molecule is O=C(NS/N=C/c1ccc2c(c1)CCc1c-2cnn1-c1ccc(OC(F)(F)F)cc1)Nc1c(Cl)cc(Cl)cc1Cl. The van der Waals surface area contributed by atoms with E-state index in [0.717, 1.165) is 46.5 Å². The molecule has 0 bridgehead atoms. The summed E-state index contributed by atoms with van der Waals surface area (Å²) >= 11 is 18.9. The molecular weight excluding hydrogens is 610 g/mol. The van der Waals surface area contributed by atoms with Crippen LogP contribution < -0.4 is 14.8 Å². The second kappa shape index (κ2) is 11.6. The minimum atomic E-state index is -4.74. The molecule has 1 heterocycles. The van der Waals surface area contributed by atoms with E-state index in [1.807, 2.05) is 18.2 Å². The summed E-state index contributed by atoms with van der Waals surface area (Å²) in [6, 6.07) is 13.8. The number of nitrogens with one attached hydrogen (secondary N) is 2. The third-order valence-electron chi connectivity index (χ3n) is 5.87. The van der Waals surface area contributed by atoms with E-state index < -0.39 is 12.4 Å². The maximum atomic E-state index is 12.5. The first kappa shape index (κ1) is 28.2. The molecule has 1 aromatic heterocycles. The molecule has 1 aliphatic rings. The van der Waals surface area contributed by atoms with Gasteiger partial charge in [-0.3, -0.25) is 4.72 Å². The van der Waals surface area contributed by atoms with Crippen molar-refractivity contribution in [1.82, 2.24) is 14.5 Å². The maximum absolute atomic E-state index is 12.5. The standard InChI is InChI=1S/C26H17Cl3F3N5O2S/c27-16-10-21(28)24(22(29)11-16)35-25(38)36-40-34-12-14-1-7-19-15(9-14)2-8-23-20(19)13-33-37(23)17-3-5-18(6-4-17)39-26(30,31)32/h1,3-7,9-13H,2,8H2,(H2,35,36,38)/b34-12+. The van der Waals surface area contributed by atoms with Gasteiger partial charge in [0.05, 0.1) is 45.4 Å². The Morgan fingerprint density at radius 3 is 2.45 bits per heavy atom. The van der Waals surface area contributed by atoms with Crippen LogP contribution >= 0.6 is 46.9 Å².